The lowest BCUT2D eigenvalue weighted by molar-refractivity contribution is 0.0983. The van der Waals surface area contributed by atoms with Crippen molar-refractivity contribution in [3.05, 3.63) is 34.9 Å². The maximum absolute atomic E-state index is 12.6. The molecule has 118 valence electrons. The molecule has 21 heavy (non-hydrogen) atoms. The Labute approximate surface area is 127 Å². The van der Waals surface area contributed by atoms with Gasteiger partial charge in [-0.1, -0.05) is 23.8 Å². The average Bonchev–Trinajstić information content (AvgIpc) is 2.48. The maximum Gasteiger partial charge on any atom is 0.155 e. The van der Waals surface area contributed by atoms with Gasteiger partial charge in [-0.3, -0.25) is 0 Å². The van der Waals surface area contributed by atoms with Crippen molar-refractivity contribution >= 4 is 9.84 Å². The maximum atomic E-state index is 12.6. The molecule has 1 aliphatic heterocycles. The molecule has 0 bridgehead atoms. The minimum absolute atomic E-state index is 0.151. The highest BCUT2D eigenvalue weighted by atomic mass is 32.2. The van der Waals surface area contributed by atoms with E-state index >= 15 is 0 Å². The third-order valence-corrected chi connectivity index (χ3v) is 6.52. The Bertz CT molecular complexity index is 577. The number of hydrogen-bond acceptors (Lipinski definition) is 4. The molecule has 1 atom stereocenters. The van der Waals surface area contributed by atoms with Crippen LogP contribution in [0, 0.1) is 13.8 Å². The largest absolute Gasteiger partial charge is 0.381 e. The summed E-state index contributed by atoms with van der Waals surface area (Å²) in [6.45, 7) is 5.16. The molecule has 0 amide bonds. The van der Waals surface area contributed by atoms with Gasteiger partial charge in [-0.15, -0.1) is 0 Å². The van der Waals surface area contributed by atoms with Gasteiger partial charge < -0.3 is 10.1 Å². The number of ether oxygens (including phenoxy) is 1. The number of rotatable bonds is 5. The Kier molecular flexibility index (Phi) is 5.41. The fourth-order valence-corrected chi connectivity index (χ4v) is 4.86. The van der Waals surface area contributed by atoms with Crippen molar-refractivity contribution in [3.63, 3.8) is 0 Å². The van der Waals surface area contributed by atoms with Crippen molar-refractivity contribution in [2.45, 2.75) is 38.0 Å². The molecule has 1 aromatic carbocycles. The van der Waals surface area contributed by atoms with Crippen LogP contribution in [-0.4, -0.2) is 39.7 Å². The van der Waals surface area contributed by atoms with Crippen LogP contribution in [0.4, 0.5) is 0 Å². The molecule has 0 radical (unpaired) electrons. The molecular weight excluding hydrogens is 286 g/mol. The van der Waals surface area contributed by atoms with Crippen molar-refractivity contribution < 1.29 is 13.2 Å². The van der Waals surface area contributed by atoms with Crippen molar-refractivity contribution in [1.82, 2.24) is 5.32 Å². The molecule has 4 nitrogen and oxygen atoms in total. The molecule has 1 fully saturated rings. The molecule has 2 rings (SSSR count). The zero-order chi connectivity index (χ0) is 15.5. The van der Waals surface area contributed by atoms with Crippen LogP contribution in [-0.2, 0) is 14.6 Å². The molecule has 1 N–H and O–H groups in total. The monoisotopic (exact) mass is 311 g/mol. The van der Waals surface area contributed by atoms with E-state index in [-0.39, 0.29) is 17.0 Å². The highest BCUT2D eigenvalue weighted by Crippen LogP contribution is 2.24. The number of nitrogens with one attached hydrogen (secondary N) is 1. The summed E-state index contributed by atoms with van der Waals surface area (Å²) in [7, 11) is -1.29. The van der Waals surface area contributed by atoms with E-state index in [0.717, 1.165) is 16.7 Å². The van der Waals surface area contributed by atoms with E-state index in [0.29, 0.717) is 26.1 Å². The third-order valence-electron chi connectivity index (χ3n) is 4.23. The summed E-state index contributed by atoms with van der Waals surface area (Å²) in [5.41, 5.74) is 3.36. The third kappa shape index (κ3) is 4.05. The van der Waals surface area contributed by atoms with E-state index in [1.807, 2.05) is 20.9 Å². The summed E-state index contributed by atoms with van der Waals surface area (Å²) in [6.07, 6.45) is 1.23. The van der Waals surface area contributed by atoms with Crippen molar-refractivity contribution in [2.75, 3.05) is 26.0 Å². The summed E-state index contributed by atoms with van der Waals surface area (Å²) in [4.78, 5) is 0. The van der Waals surface area contributed by atoms with Gasteiger partial charge in [0.15, 0.2) is 9.84 Å². The normalized spacial score (nSPS) is 18.6. The van der Waals surface area contributed by atoms with Crippen LogP contribution in [0.5, 0.6) is 0 Å². The van der Waals surface area contributed by atoms with Crippen LogP contribution in [0.3, 0.4) is 0 Å². The van der Waals surface area contributed by atoms with E-state index in [2.05, 4.69) is 23.5 Å². The van der Waals surface area contributed by atoms with Crippen LogP contribution in [0.2, 0.25) is 0 Å². The van der Waals surface area contributed by atoms with Gasteiger partial charge in [0.1, 0.15) is 0 Å². The number of benzene rings is 1. The second-order valence-electron chi connectivity index (χ2n) is 5.84. The SMILES string of the molecule is CNC(CS(=O)(=O)C1CCOCC1)c1cc(C)ccc1C. The number of aryl methyl sites for hydroxylation is 2. The molecule has 0 saturated carbocycles. The van der Waals surface area contributed by atoms with Gasteiger partial charge in [-0.25, -0.2) is 8.42 Å². The molecule has 1 unspecified atom stereocenters. The predicted octanol–water partition coefficient (Wildman–Crippen LogP) is 2.16. The van der Waals surface area contributed by atoms with Gasteiger partial charge in [-0.2, -0.15) is 0 Å². The fraction of sp³-hybridized carbons (Fsp3) is 0.625. The van der Waals surface area contributed by atoms with Crippen LogP contribution >= 0.6 is 0 Å². The Morgan fingerprint density at radius 3 is 2.57 bits per heavy atom. The molecule has 0 aliphatic carbocycles. The molecule has 1 aromatic rings. The second kappa shape index (κ2) is 6.90. The molecular formula is C16H25NO3S. The van der Waals surface area contributed by atoms with Crippen LogP contribution < -0.4 is 5.32 Å². The number of hydrogen-bond donors (Lipinski definition) is 1. The van der Waals surface area contributed by atoms with Gasteiger partial charge in [0.2, 0.25) is 0 Å². The van der Waals surface area contributed by atoms with Crippen LogP contribution in [0.25, 0.3) is 0 Å². The van der Waals surface area contributed by atoms with E-state index < -0.39 is 9.84 Å². The summed E-state index contributed by atoms with van der Waals surface area (Å²) < 4.78 is 30.5. The quantitative estimate of drug-likeness (QED) is 0.905. The molecule has 1 heterocycles. The van der Waals surface area contributed by atoms with E-state index in [4.69, 9.17) is 4.74 Å². The minimum atomic E-state index is -3.11. The molecule has 1 saturated heterocycles. The summed E-state index contributed by atoms with van der Waals surface area (Å²) >= 11 is 0. The highest BCUT2D eigenvalue weighted by Gasteiger charge is 2.30. The smallest absolute Gasteiger partial charge is 0.155 e. The van der Waals surface area contributed by atoms with Gasteiger partial charge in [0, 0.05) is 19.3 Å². The molecule has 1 aliphatic rings. The first-order valence-corrected chi connectivity index (χ1v) is 9.19. The van der Waals surface area contributed by atoms with Gasteiger partial charge in [0.05, 0.1) is 11.0 Å². The molecule has 0 aromatic heterocycles. The van der Waals surface area contributed by atoms with Crippen molar-refractivity contribution in [1.29, 1.82) is 0 Å². The standard InChI is InChI=1S/C16H25NO3S/c1-12-4-5-13(2)15(10-12)16(17-3)11-21(18,19)14-6-8-20-9-7-14/h4-5,10,14,16-17H,6-9,11H2,1-3H3. The molecule has 0 spiro atoms. The first kappa shape index (κ1) is 16.5. The van der Waals surface area contributed by atoms with Crippen LogP contribution in [0.1, 0.15) is 35.6 Å². The topological polar surface area (TPSA) is 55.4 Å². The average molecular weight is 311 g/mol. The fourth-order valence-electron chi connectivity index (χ4n) is 2.87. The van der Waals surface area contributed by atoms with E-state index in [9.17, 15) is 8.42 Å². The highest BCUT2D eigenvalue weighted by molar-refractivity contribution is 7.92. The summed E-state index contributed by atoms with van der Waals surface area (Å²) in [5.74, 6) is 0.151. The zero-order valence-electron chi connectivity index (χ0n) is 13.1. The van der Waals surface area contributed by atoms with Crippen molar-refractivity contribution in [3.8, 4) is 0 Å². The Balaban J connectivity index is 2.20. The lowest BCUT2D eigenvalue weighted by Crippen LogP contribution is -2.35. The number of sulfone groups is 1. The predicted molar refractivity (Wildman–Crippen MR) is 85.3 cm³/mol. The Morgan fingerprint density at radius 1 is 1.29 bits per heavy atom. The van der Waals surface area contributed by atoms with Crippen molar-refractivity contribution in [2.24, 2.45) is 0 Å². The van der Waals surface area contributed by atoms with Gasteiger partial charge in [-0.05, 0) is 44.9 Å². The Morgan fingerprint density at radius 2 is 1.95 bits per heavy atom. The van der Waals surface area contributed by atoms with Gasteiger partial charge in [0.25, 0.3) is 0 Å². The molecule has 5 heteroatoms. The first-order chi connectivity index (χ1) is 9.94. The summed E-state index contributed by atoms with van der Waals surface area (Å²) in [6, 6.07) is 6.03. The van der Waals surface area contributed by atoms with Crippen LogP contribution in [0.15, 0.2) is 18.2 Å². The van der Waals surface area contributed by atoms with E-state index in [1.165, 1.54) is 0 Å². The lowest BCUT2D eigenvalue weighted by atomic mass is 10.0. The first-order valence-electron chi connectivity index (χ1n) is 7.48. The van der Waals surface area contributed by atoms with E-state index in [1.54, 1.807) is 0 Å². The lowest BCUT2D eigenvalue weighted by Gasteiger charge is -2.26. The summed E-state index contributed by atoms with van der Waals surface area (Å²) in [5, 5.41) is 2.91. The Hall–Kier alpha value is -0.910. The second-order valence-corrected chi connectivity index (χ2v) is 8.17. The van der Waals surface area contributed by atoms with Gasteiger partial charge >= 0.3 is 0 Å². The minimum Gasteiger partial charge on any atom is -0.381 e. The zero-order valence-corrected chi connectivity index (χ0v) is 13.9.